The lowest BCUT2D eigenvalue weighted by Crippen LogP contribution is -2.38. The van der Waals surface area contributed by atoms with E-state index in [-0.39, 0.29) is 17.4 Å². The molecule has 1 aliphatic rings. The van der Waals surface area contributed by atoms with Crippen LogP contribution in [0.4, 0.5) is 18.0 Å². The SMILES string of the molecule is CC(C)(C)OC(=O)NCCOCCOCCOCCOCCOCCOCCOCCC(=O)N1CCC(c2ccc(-c3cc(C(=O)O)cc4cc(-c5ccc(C(F)(F)F)cc5)ccc34)cc2)CC1. The molecule has 0 bridgehead atoms. The van der Waals surface area contributed by atoms with E-state index < -0.39 is 29.4 Å². The van der Waals surface area contributed by atoms with E-state index in [1.807, 2.05) is 29.2 Å². The second-order valence-electron chi connectivity index (χ2n) is 17.1. The Kier molecular flexibility index (Phi) is 22.0. The van der Waals surface area contributed by atoms with E-state index >= 15 is 0 Å². The van der Waals surface area contributed by atoms with Crippen molar-refractivity contribution < 1.29 is 70.6 Å². The molecule has 4 aromatic carbocycles. The highest BCUT2D eigenvalue weighted by Gasteiger charge is 2.30. The number of amides is 2. The number of alkyl halides is 3. The monoisotopic (exact) mass is 954 g/mol. The van der Waals surface area contributed by atoms with Crippen LogP contribution in [0.25, 0.3) is 33.0 Å². The molecule has 1 heterocycles. The number of halogens is 3. The number of alkyl carbamates (subject to hydrolysis) is 1. The Morgan fingerprint density at radius 2 is 1.10 bits per heavy atom. The average molecular weight is 955 g/mol. The fourth-order valence-electron chi connectivity index (χ4n) is 7.44. The maximum atomic E-state index is 13.1. The third-order valence-electron chi connectivity index (χ3n) is 10.9. The van der Waals surface area contributed by atoms with E-state index in [9.17, 15) is 32.7 Å². The van der Waals surface area contributed by atoms with E-state index in [1.54, 1.807) is 39.0 Å². The molecule has 14 nitrogen and oxygen atoms in total. The molecule has 1 fully saturated rings. The third kappa shape index (κ3) is 18.7. The molecule has 1 saturated heterocycles. The number of benzene rings is 4. The van der Waals surface area contributed by atoms with Gasteiger partial charge in [-0.2, -0.15) is 13.2 Å². The van der Waals surface area contributed by atoms with Crippen LogP contribution in [0.15, 0.2) is 78.9 Å². The highest BCUT2D eigenvalue weighted by molar-refractivity contribution is 6.04. The van der Waals surface area contributed by atoms with Crippen molar-refractivity contribution in [2.75, 3.05) is 112 Å². The van der Waals surface area contributed by atoms with Crippen molar-refractivity contribution in [1.82, 2.24) is 10.2 Å². The molecule has 0 atom stereocenters. The summed E-state index contributed by atoms with van der Waals surface area (Å²) >= 11 is 0. The molecule has 372 valence electrons. The van der Waals surface area contributed by atoms with Crippen molar-refractivity contribution in [3.8, 4) is 22.3 Å². The lowest BCUT2D eigenvalue weighted by atomic mass is 9.87. The number of piperidine rings is 1. The number of hydrogen-bond acceptors (Lipinski definition) is 11. The van der Waals surface area contributed by atoms with Gasteiger partial charge in [0.1, 0.15) is 5.60 Å². The quantitative estimate of drug-likeness (QED) is 0.0523. The smallest absolute Gasteiger partial charge is 0.416 e. The maximum Gasteiger partial charge on any atom is 0.416 e. The van der Waals surface area contributed by atoms with Crippen molar-refractivity contribution in [2.45, 2.75) is 57.7 Å². The summed E-state index contributed by atoms with van der Waals surface area (Å²) in [5.41, 5.74) is 2.86. The Labute approximate surface area is 396 Å². The van der Waals surface area contributed by atoms with Gasteiger partial charge in [-0.15, -0.1) is 0 Å². The molecule has 0 saturated carbocycles. The first kappa shape index (κ1) is 53.8. The van der Waals surface area contributed by atoms with Gasteiger partial charge in [0, 0.05) is 19.6 Å². The standard InChI is InChI=1S/C51H65F3N2O12/c1-50(2,3)68-49(60)55-17-21-62-23-25-64-27-29-66-31-33-67-32-30-65-28-26-63-24-22-61-20-16-47(57)56-18-14-39(15-19-56)37-4-6-40(7-5-37)46-36-43(48(58)59)35-42-34-41(10-13-45(42)46)38-8-11-44(12-9-38)51(52,53)54/h4-13,34-36,39H,14-33H2,1-3H3,(H,55,60)(H,58,59). The number of carboxylic acid groups (broad SMARTS) is 1. The van der Waals surface area contributed by atoms with Gasteiger partial charge in [-0.1, -0.05) is 48.5 Å². The summed E-state index contributed by atoms with van der Waals surface area (Å²) in [7, 11) is 0. The lowest BCUT2D eigenvalue weighted by Gasteiger charge is -2.32. The Balaban J connectivity index is 0.864. The molecule has 0 aliphatic carbocycles. The van der Waals surface area contributed by atoms with Gasteiger partial charge in [0.15, 0.2) is 0 Å². The minimum atomic E-state index is -4.44. The van der Waals surface area contributed by atoms with Crippen molar-refractivity contribution in [1.29, 1.82) is 0 Å². The van der Waals surface area contributed by atoms with Crippen molar-refractivity contribution in [2.24, 2.45) is 0 Å². The number of likely N-dealkylation sites (tertiary alicyclic amines) is 1. The largest absolute Gasteiger partial charge is 0.478 e. The van der Waals surface area contributed by atoms with Crippen LogP contribution in [0.5, 0.6) is 0 Å². The number of carboxylic acids is 1. The van der Waals surface area contributed by atoms with Gasteiger partial charge in [-0.3, -0.25) is 4.79 Å². The second kappa shape index (κ2) is 27.8. The summed E-state index contributed by atoms with van der Waals surface area (Å²) in [4.78, 5) is 38.5. The Morgan fingerprint density at radius 1 is 0.618 bits per heavy atom. The molecule has 4 aromatic rings. The summed E-state index contributed by atoms with van der Waals surface area (Å²) < 4.78 is 83.1. The first-order chi connectivity index (χ1) is 32.7. The molecule has 0 unspecified atom stereocenters. The third-order valence-corrected chi connectivity index (χ3v) is 10.9. The van der Waals surface area contributed by atoms with Gasteiger partial charge in [0.2, 0.25) is 5.91 Å². The topological polar surface area (TPSA) is 161 Å². The molecule has 0 radical (unpaired) electrons. The normalized spacial score (nSPS) is 13.5. The molecule has 5 rings (SSSR count). The predicted octanol–water partition coefficient (Wildman–Crippen LogP) is 8.63. The second-order valence-corrected chi connectivity index (χ2v) is 17.1. The van der Waals surface area contributed by atoms with Crippen LogP contribution in [0, 0.1) is 0 Å². The van der Waals surface area contributed by atoms with Crippen LogP contribution in [0.3, 0.4) is 0 Å². The molecule has 17 heteroatoms. The van der Waals surface area contributed by atoms with Crippen molar-refractivity contribution in [3.63, 3.8) is 0 Å². The number of carbonyl (C=O) groups excluding carboxylic acids is 2. The van der Waals surface area contributed by atoms with E-state index in [1.165, 1.54) is 12.1 Å². The Hall–Kier alpha value is -5.14. The van der Waals surface area contributed by atoms with E-state index in [4.69, 9.17) is 37.9 Å². The van der Waals surface area contributed by atoms with Crippen molar-refractivity contribution in [3.05, 3.63) is 95.6 Å². The molecule has 2 N–H and O–H groups in total. The van der Waals surface area contributed by atoms with Gasteiger partial charge in [0.05, 0.1) is 110 Å². The van der Waals surface area contributed by atoms with E-state index in [0.29, 0.717) is 135 Å². The van der Waals surface area contributed by atoms with Gasteiger partial charge >= 0.3 is 18.2 Å². The number of carbonyl (C=O) groups is 3. The molecular weight excluding hydrogens is 890 g/mol. The zero-order valence-electron chi connectivity index (χ0n) is 39.2. The van der Waals surface area contributed by atoms with Gasteiger partial charge in [0.25, 0.3) is 0 Å². The van der Waals surface area contributed by atoms with Gasteiger partial charge in [-0.05, 0) is 108 Å². The van der Waals surface area contributed by atoms with Crippen molar-refractivity contribution >= 4 is 28.7 Å². The minimum Gasteiger partial charge on any atom is -0.478 e. The Morgan fingerprint density at radius 3 is 1.60 bits per heavy atom. The van der Waals surface area contributed by atoms with E-state index in [0.717, 1.165) is 47.1 Å². The summed E-state index contributed by atoms with van der Waals surface area (Å²) in [6, 6.07) is 21.7. The highest BCUT2D eigenvalue weighted by Crippen LogP contribution is 2.36. The molecule has 0 aromatic heterocycles. The first-order valence-corrected chi connectivity index (χ1v) is 23.1. The van der Waals surface area contributed by atoms with Crippen LogP contribution in [-0.2, 0) is 48.9 Å². The highest BCUT2D eigenvalue weighted by atomic mass is 19.4. The van der Waals surface area contributed by atoms with Crippen LogP contribution >= 0.6 is 0 Å². The molecule has 2 amide bonds. The fraction of sp³-hybridized carbons (Fsp3) is 0.510. The summed E-state index contributed by atoms with van der Waals surface area (Å²) in [5, 5.41) is 14.0. The van der Waals surface area contributed by atoms with Crippen LogP contribution in [0.2, 0.25) is 0 Å². The summed E-state index contributed by atoms with van der Waals surface area (Å²) in [5.74, 6) is -0.743. The predicted molar refractivity (Wildman–Crippen MR) is 250 cm³/mol. The van der Waals surface area contributed by atoms with Crippen LogP contribution in [-0.4, -0.2) is 146 Å². The molecule has 1 aliphatic heterocycles. The fourth-order valence-corrected chi connectivity index (χ4v) is 7.44. The Bertz CT molecular complexity index is 2160. The summed E-state index contributed by atoms with van der Waals surface area (Å²) in [6.45, 7) is 12.9. The average Bonchev–Trinajstić information content (AvgIpc) is 3.31. The number of aromatic carboxylic acids is 1. The van der Waals surface area contributed by atoms with Crippen LogP contribution in [0.1, 0.15) is 67.4 Å². The number of nitrogens with zero attached hydrogens (tertiary/aromatic N) is 1. The maximum absolute atomic E-state index is 13.1. The van der Waals surface area contributed by atoms with E-state index in [2.05, 4.69) is 17.4 Å². The minimum absolute atomic E-state index is 0.0593. The number of nitrogens with one attached hydrogen (secondary N) is 1. The molecule has 0 spiro atoms. The zero-order chi connectivity index (χ0) is 48.8. The van der Waals surface area contributed by atoms with Gasteiger partial charge < -0.3 is 53.2 Å². The number of hydrogen-bond donors (Lipinski definition) is 2. The summed E-state index contributed by atoms with van der Waals surface area (Å²) in [6.07, 6.45) is -2.96. The molecule has 68 heavy (non-hydrogen) atoms. The zero-order valence-corrected chi connectivity index (χ0v) is 39.2. The van der Waals surface area contributed by atoms with Crippen LogP contribution < -0.4 is 5.32 Å². The first-order valence-electron chi connectivity index (χ1n) is 23.1. The number of rotatable bonds is 28. The molecular formula is C51H65F3N2O12. The number of fused-ring (bicyclic) bond motifs is 1. The van der Waals surface area contributed by atoms with Gasteiger partial charge in [-0.25, -0.2) is 9.59 Å². The number of ether oxygens (including phenoxy) is 8. The lowest BCUT2D eigenvalue weighted by molar-refractivity contribution is -0.137.